The first-order valence-corrected chi connectivity index (χ1v) is 19.2. The maximum absolute atomic E-state index is 14.4. The van der Waals surface area contributed by atoms with E-state index in [1.54, 1.807) is 24.3 Å². The van der Waals surface area contributed by atoms with Gasteiger partial charge in [-0.1, -0.05) is 24.3 Å². The van der Waals surface area contributed by atoms with Crippen molar-refractivity contribution in [3.8, 4) is 0 Å². The van der Waals surface area contributed by atoms with E-state index in [4.69, 9.17) is 21.7 Å². The first kappa shape index (κ1) is 44.2. The fraction of sp³-hybridized carbons (Fsp3) is 0.275. The Balaban J connectivity index is 1.33. The number of nitrogen functional groups attached to an aromatic ring is 2. The molecule has 3 aromatic heterocycles. The number of aryl methyl sites for hydroxylation is 3. The second kappa shape index (κ2) is 18.1. The van der Waals surface area contributed by atoms with E-state index in [0.29, 0.717) is 11.1 Å². The van der Waals surface area contributed by atoms with Gasteiger partial charge in [0.25, 0.3) is 22.9 Å². The number of aromatic amines is 3. The Morgan fingerprint density at radius 1 is 0.651 bits per heavy atom. The first-order valence-electron chi connectivity index (χ1n) is 19.2. The quantitative estimate of drug-likeness (QED) is 0.0529. The summed E-state index contributed by atoms with van der Waals surface area (Å²) in [5, 5.41) is 44.1. The molecule has 4 heterocycles. The zero-order valence-corrected chi connectivity index (χ0v) is 32.9. The van der Waals surface area contributed by atoms with Crippen molar-refractivity contribution in [3.05, 3.63) is 108 Å². The number of fused-ring (bicyclic) bond motifs is 2. The van der Waals surface area contributed by atoms with Crippen LogP contribution in [0.2, 0.25) is 0 Å². The standard InChI is InChI=1S/C40H40N10O13/c41-38-47-29-26(33(57)49-38)21(10-5-17-1-6-19(7-2-17)31(55)43-22(35(59)60)11-13-24(51)52)28(45-29)40(27-30(46-37(40)63)48-39(42)50-34(27)58)16-15-18-3-8-20(9-4-18)32(56)44-23(36(61)62)12-14-25(53)54/h1-4,6-9,22-23H,5,10-16H2,(H,43,55)(H,44,56)(H,51,52)(H,53,54)(H,59,60)(H,61,62)(H4,41,45,47,49,57)(H4,42,46,48,50,58,63)/t22-,23-,40?/m0/s1. The van der Waals surface area contributed by atoms with Crippen LogP contribution >= 0.6 is 0 Å². The van der Waals surface area contributed by atoms with E-state index < -0.39 is 83.1 Å². The highest BCUT2D eigenvalue weighted by Gasteiger charge is 2.53. The van der Waals surface area contributed by atoms with Crippen molar-refractivity contribution in [1.29, 1.82) is 0 Å². The van der Waals surface area contributed by atoms with Gasteiger partial charge in [0.2, 0.25) is 17.8 Å². The van der Waals surface area contributed by atoms with Crippen molar-refractivity contribution >= 4 is 70.3 Å². The van der Waals surface area contributed by atoms with Crippen LogP contribution < -0.4 is 38.5 Å². The van der Waals surface area contributed by atoms with Gasteiger partial charge >= 0.3 is 23.9 Å². The van der Waals surface area contributed by atoms with Crippen LogP contribution in [-0.4, -0.2) is 99.0 Å². The van der Waals surface area contributed by atoms with E-state index >= 15 is 0 Å². The number of anilines is 3. The van der Waals surface area contributed by atoms with Crippen LogP contribution in [0.5, 0.6) is 0 Å². The number of nitrogens with two attached hydrogens (primary N) is 2. The monoisotopic (exact) mass is 868 g/mol. The zero-order chi connectivity index (χ0) is 45.7. The van der Waals surface area contributed by atoms with Crippen LogP contribution in [0.25, 0.3) is 11.0 Å². The molecule has 0 spiro atoms. The van der Waals surface area contributed by atoms with Gasteiger partial charge < -0.3 is 52.8 Å². The van der Waals surface area contributed by atoms with Crippen molar-refractivity contribution in [2.24, 2.45) is 0 Å². The van der Waals surface area contributed by atoms with Crippen molar-refractivity contribution in [3.63, 3.8) is 0 Å². The Hall–Kier alpha value is -8.37. The third-order valence-electron chi connectivity index (χ3n) is 10.6. The van der Waals surface area contributed by atoms with Gasteiger partial charge in [0.15, 0.2) is 0 Å². The fourth-order valence-corrected chi connectivity index (χ4v) is 7.48. The van der Waals surface area contributed by atoms with Crippen LogP contribution in [0, 0.1) is 0 Å². The molecule has 1 unspecified atom stereocenters. The predicted molar refractivity (Wildman–Crippen MR) is 220 cm³/mol. The highest BCUT2D eigenvalue weighted by atomic mass is 16.4. The van der Waals surface area contributed by atoms with Crippen molar-refractivity contribution in [2.45, 2.75) is 68.9 Å². The lowest BCUT2D eigenvalue weighted by molar-refractivity contribution is -0.142. The number of hydrogen-bond acceptors (Lipinski definition) is 13. The van der Waals surface area contributed by atoms with Crippen LogP contribution in [-0.2, 0) is 48.7 Å². The normalized spacial score (nSPS) is 15.2. The van der Waals surface area contributed by atoms with Gasteiger partial charge in [0.05, 0.1) is 10.9 Å². The smallest absolute Gasteiger partial charge is 0.326 e. The molecule has 1 aliphatic rings. The summed E-state index contributed by atoms with van der Waals surface area (Å²) in [6.07, 6.45) is -1.47. The summed E-state index contributed by atoms with van der Waals surface area (Å²) in [4.78, 5) is 129. The molecule has 23 nitrogen and oxygen atoms in total. The summed E-state index contributed by atoms with van der Waals surface area (Å²) in [7, 11) is 0. The summed E-state index contributed by atoms with van der Waals surface area (Å²) in [5.74, 6) is -8.14. The average Bonchev–Trinajstić information content (AvgIpc) is 3.73. The molecule has 6 rings (SSSR count). The molecular weight excluding hydrogens is 828 g/mol. The minimum atomic E-state index is -1.88. The van der Waals surface area contributed by atoms with Crippen LogP contribution in [0.1, 0.15) is 80.8 Å². The Morgan fingerprint density at radius 2 is 1.14 bits per heavy atom. The molecular formula is C40H40N10O13. The van der Waals surface area contributed by atoms with E-state index in [0.717, 1.165) is 0 Å². The number of hydrogen-bond donors (Lipinski definition) is 12. The second-order valence-corrected chi connectivity index (χ2v) is 14.7. The number of carbonyl (C=O) groups excluding carboxylic acids is 3. The number of nitrogens with zero attached hydrogens (tertiary/aromatic N) is 2. The van der Waals surface area contributed by atoms with Crippen LogP contribution in [0.15, 0.2) is 58.1 Å². The summed E-state index contributed by atoms with van der Waals surface area (Å²) in [5.41, 5.74) is 10.1. The molecule has 14 N–H and O–H groups in total. The number of aromatic nitrogens is 5. The molecule has 0 bridgehead atoms. The molecule has 3 amide bonds. The number of H-pyrrole nitrogens is 3. The lowest BCUT2D eigenvalue weighted by Crippen LogP contribution is -2.41. The molecule has 3 atom stereocenters. The van der Waals surface area contributed by atoms with Gasteiger partial charge in [-0.15, -0.1) is 0 Å². The van der Waals surface area contributed by atoms with E-state index in [-0.39, 0.29) is 95.2 Å². The Morgan fingerprint density at radius 3 is 1.65 bits per heavy atom. The average molecular weight is 869 g/mol. The predicted octanol–water partition coefficient (Wildman–Crippen LogP) is 0.251. The first-order chi connectivity index (χ1) is 29.9. The number of carboxylic acid groups (broad SMARTS) is 4. The summed E-state index contributed by atoms with van der Waals surface area (Å²) in [6, 6.07) is 9.06. The van der Waals surface area contributed by atoms with Crippen molar-refractivity contribution < 1.29 is 54.0 Å². The fourth-order valence-electron chi connectivity index (χ4n) is 7.48. The number of amides is 3. The molecule has 0 saturated carbocycles. The molecule has 0 radical (unpaired) electrons. The highest BCUT2D eigenvalue weighted by molar-refractivity contribution is 6.08. The van der Waals surface area contributed by atoms with Crippen molar-refractivity contribution in [1.82, 2.24) is 35.6 Å². The van der Waals surface area contributed by atoms with Gasteiger partial charge in [0, 0.05) is 29.7 Å². The lowest BCUT2D eigenvalue weighted by atomic mass is 9.73. The molecule has 0 saturated heterocycles. The Labute approximate surface area is 353 Å². The summed E-state index contributed by atoms with van der Waals surface area (Å²) in [6.45, 7) is 0. The minimum absolute atomic E-state index is 0.00277. The Kier molecular flexibility index (Phi) is 12.7. The van der Waals surface area contributed by atoms with E-state index in [1.807, 2.05) is 0 Å². The van der Waals surface area contributed by atoms with Crippen molar-refractivity contribution in [2.75, 3.05) is 16.8 Å². The van der Waals surface area contributed by atoms with E-state index in [2.05, 4.69) is 40.9 Å². The molecule has 2 aromatic carbocycles. The Bertz CT molecular complexity index is 2780. The number of nitrogens with one attached hydrogen (secondary N) is 6. The van der Waals surface area contributed by atoms with E-state index in [1.165, 1.54) is 24.3 Å². The number of carbonyl (C=O) groups is 7. The van der Waals surface area contributed by atoms with Gasteiger partial charge in [-0.3, -0.25) is 43.5 Å². The minimum Gasteiger partial charge on any atom is -0.481 e. The van der Waals surface area contributed by atoms with Gasteiger partial charge in [0.1, 0.15) is 29.0 Å². The molecule has 0 aliphatic carbocycles. The molecule has 328 valence electrons. The SMILES string of the molecule is Nc1nc2c(c(=O)[nH]1)C(CCc1ccc(C(=O)N[C@@H](CCC(=O)O)C(=O)O)cc1)(c1[nH]c3nc(N)[nH]c(=O)c3c1CCc1ccc(C(=O)N[C@@H](CCC(=O)O)C(=O)O)cc1)C(=O)N2. The molecule has 23 heteroatoms. The van der Waals surface area contributed by atoms with Gasteiger partial charge in [-0.05, 0) is 79.5 Å². The van der Waals surface area contributed by atoms with Gasteiger partial charge in [-0.25, -0.2) is 9.59 Å². The third-order valence-corrected chi connectivity index (χ3v) is 10.6. The molecule has 1 aliphatic heterocycles. The molecule has 63 heavy (non-hydrogen) atoms. The maximum atomic E-state index is 14.4. The second-order valence-electron chi connectivity index (χ2n) is 14.7. The number of aliphatic carboxylic acids is 4. The van der Waals surface area contributed by atoms with E-state index in [9.17, 15) is 53.4 Å². The van der Waals surface area contributed by atoms with Crippen LogP contribution in [0.4, 0.5) is 17.7 Å². The maximum Gasteiger partial charge on any atom is 0.326 e. The number of rotatable bonds is 19. The largest absolute Gasteiger partial charge is 0.481 e. The third kappa shape index (κ3) is 9.51. The summed E-state index contributed by atoms with van der Waals surface area (Å²) >= 11 is 0. The lowest BCUT2D eigenvalue weighted by Gasteiger charge is -2.27. The van der Waals surface area contributed by atoms with Gasteiger partial charge in [-0.2, -0.15) is 9.97 Å². The topological polar surface area (TPSA) is 396 Å². The molecule has 0 fully saturated rings. The molecule has 5 aromatic rings. The zero-order valence-electron chi connectivity index (χ0n) is 32.9. The number of carboxylic acids is 4. The highest BCUT2D eigenvalue weighted by Crippen LogP contribution is 2.46. The summed E-state index contributed by atoms with van der Waals surface area (Å²) < 4.78 is 0. The van der Waals surface area contributed by atoms with Crippen LogP contribution in [0.3, 0.4) is 0 Å². The number of benzene rings is 2.